The van der Waals surface area contributed by atoms with Crippen LogP contribution in [0.4, 0.5) is 5.13 Å². The van der Waals surface area contributed by atoms with Crippen LogP contribution >= 0.6 is 11.3 Å². The Morgan fingerprint density at radius 3 is 2.58 bits per heavy atom. The van der Waals surface area contributed by atoms with Gasteiger partial charge in [-0.25, -0.2) is 14.8 Å². The molecule has 2 atom stereocenters. The number of hydrogen-bond acceptors (Lipinski definition) is 14. The molecule has 8 N–H and O–H groups in total. The second kappa shape index (κ2) is 13.3. The smallest absolute Gasteiger partial charge is 0.418 e. The molecule has 3 heterocycles. The maximum atomic E-state index is 13.2. The molecule has 1 aliphatic rings. The number of hydrogen-bond donors (Lipinski definition) is 7. The number of carbonyl (C=O) groups is 3. The van der Waals surface area contributed by atoms with Gasteiger partial charge in [0.1, 0.15) is 35.8 Å². The fourth-order valence-corrected chi connectivity index (χ4v) is 4.84. The highest BCUT2D eigenvalue weighted by Crippen LogP contribution is 2.33. The molecule has 45 heavy (non-hydrogen) atoms. The van der Waals surface area contributed by atoms with Crippen molar-refractivity contribution < 1.29 is 46.3 Å². The van der Waals surface area contributed by atoms with Gasteiger partial charge in [-0.3, -0.25) is 19.6 Å². The van der Waals surface area contributed by atoms with Gasteiger partial charge in [0.2, 0.25) is 0 Å². The monoisotopic (exact) mass is 665 g/mol. The first kappa shape index (κ1) is 32.8. The Balaban J connectivity index is 1.41. The first-order chi connectivity index (χ1) is 21.2. The molecular weight excluding hydrogens is 638 g/mol. The number of nitrogens with one attached hydrogen (secondary N) is 4. The Labute approximate surface area is 258 Å². The van der Waals surface area contributed by atoms with Crippen molar-refractivity contribution in [1.29, 1.82) is 5.41 Å². The Hall–Kier alpha value is -5.12. The van der Waals surface area contributed by atoms with E-state index in [9.17, 15) is 27.9 Å². The number of aliphatic carboxylic acids is 1. The quantitative estimate of drug-likeness (QED) is 0.0381. The van der Waals surface area contributed by atoms with Crippen molar-refractivity contribution in [3.8, 4) is 5.75 Å². The third-order valence-corrected chi connectivity index (χ3v) is 7.19. The summed E-state index contributed by atoms with van der Waals surface area (Å²) in [6, 6.07) is 4.87. The van der Waals surface area contributed by atoms with Crippen LogP contribution in [-0.4, -0.2) is 91.7 Å². The lowest BCUT2D eigenvalue weighted by Crippen LogP contribution is -2.76. The summed E-state index contributed by atoms with van der Waals surface area (Å²) in [6.45, 7) is 2.47. The standard InChI is InChI=1S/C24H27N9O10S2/c1-24(2)18(21(35)33(24)43-45(38,39)40)31-20(34)17(14-11-44-23(26)30-14)32-42-15(22(36)37)10-41-13-5-3-12(4-6-13)19(25)29-9-16-27-7-8-28-16/h3-8,11,15,18H,9-10H2,1-2H3,(H2,25,29)(H2,26,30)(H,27,28)(H,31,34)(H,36,37)(H,38,39,40)/t15-,18-/m1/s1. The van der Waals surface area contributed by atoms with Crippen LogP contribution in [0.2, 0.25) is 0 Å². The number of hydroxylamine groups is 2. The summed E-state index contributed by atoms with van der Waals surface area (Å²) in [5.74, 6) is -2.50. The molecule has 3 aromatic rings. The minimum absolute atomic E-state index is 0.0455. The van der Waals surface area contributed by atoms with E-state index in [0.29, 0.717) is 23.0 Å². The first-order valence-corrected chi connectivity index (χ1v) is 14.9. The van der Waals surface area contributed by atoms with Gasteiger partial charge in [0.15, 0.2) is 10.8 Å². The lowest BCUT2D eigenvalue weighted by molar-refractivity contribution is -0.218. The van der Waals surface area contributed by atoms with E-state index < -0.39 is 58.2 Å². The Kier molecular flexibility index (Phi) is 9.66. The largest absolute Gasteiger partial charge is 0.489 e. The summed E-state index contributed by atoms with van der Waals surface area (Å²) < 4.78 is 40.8. The third kappa shape index (κ3) is 8.08. The van der Waals surface area contributed by atoms with Crippen molar-refractivity contribution in [1.82, 2.24) is 30.6 Å². The topological polar surface area (TPSA) is 285 Å². The Morgan fingerprint density at radius 1 is 1.31 bits per heavy atom. The molecule has 240 valence electrons. The Bertz CT molecular complexity index is 1710. The molecule has 2 aromatic heterocycles. The maximum Gasteiger partial charge on any atom is 0.418 e. The fourth-order valence-electron chi connectivity index (χ4n) is 3.84. The number of imidazole rings is 1. The van der Waals surface area contributed by atoms with Crippen LogP contribution in [0.1, 0.15) is 30.9 Å². The van der Waals surface area contributed by atoms with Crippen LogP contribution in [0.3, 0.4) is 0 Å². The number of ether oxygens (including phenoxy) is 1. The number of nitrogens with zero attached hydrogens (tertiary/aromatic N) is 4. The van der Waals surface area contributed by atoms with Gasteiger partial charge in [-0.05, 0) is 38.1 Å². The number of anilines is 1. The molecule has 1 saturated heterocycles. The van der Waals surface area contributed by atoms with Gasteiger partial charge in [-0.1, -0.05) is 5.16 Å². The molecule has 0 spiro atoms. The van der Waals surface area contributed by atoms with Crippen molar-refractivity contribution in [2.75, 3.05) is 12.3 Å². The summed E-state index contributed by atoms with van der Waals surface area (Å²) in [7, 11) is -5.02. The molecule has 0 bridgehead atoms. The van der Waals surface area contributed by atoms with Crippen LogP contribution in [0.25, 0.3) is 0 Å². The van der Waals surface area contributed by atoms with Crippen molar-refractivity contribution in [3.05, 3.63) is 59.1 Å². The van der Waals surface area contributed by atoms with E-state index in [1.807, 2.05) is 0 Å². The predicted octanol–water partition coefficient (Wildman–Crippen LogP) is -0.344. The number of amides is 2. The van der Waals surface area contributed by atoms with Crippen molar-refractivity contribution in [2.24, 2.45) is 5.16 Å². The normalized spacial score (nSPS) is 16.8. The average Bonchev–Trinajstić information content (AvgIpc) is 3.66. The number of β-lactam (4-membered cyclic amide) rings is 1. The van der Waals surface area contributed by atoms with Gasteiger partial charge in [0.05, 0.1) is 12.1 Å². The minimum atomic E-state index is -5.02. The molecule has 1 aliphatic heterocycles. The SMILES string of the molecule is CC1(C)[C@H](NC(=O)C(=NO[C@H](COc2ccc(C(=N)NCc3ncc[nH]3)cc2)C(=O)O)c2csc(N)n2)C(=O)N1OS(=O)(=O)O. The molecule has 2 amide bonds. The fraction of sp³-hybridized carbons (Fsp3) is 0.292. The van der Waals surface area contributed by atoms with E-state index in [1.165, 1.54) is 31.4 Å². The zero-order valence-electron chi connectivity index (χ0n) is 23.5. The maximum absolute atomic E-state index is 13.2. The summed E-state index contributed by atoms with van der Waals surface area (Å²) >= 11 is 0.945. The highest BCUT2D eigenvalue weighted by Gasteiger charge is 2.58. The number of carbonyl (C=O) groups excluding carboxylic acids is 2. The zero-order chi connectivity index (χ0) is 32.9. The van der Waals surface area contributed by atoms with Crippen molar-refractivity contribution in [2.45, 2.75) is 38.1 Å². The first-order valence-electron chi connectivity index (χ1n) is 12.7. The number of aromatic amines is 1. The van der Waals surface area contributed by atoms with Crippen molar-refractivity contribution >= 4 is 56.2 Å². The van der Waals surface area contributed by atoms with E-state index in [0.717, 1.165) is 11.3 Å². The van der Waals surface area contributed by atoms with Crippen LogP contribution in [-0.2, 0) is 40.4 Å². The molecule has 0 radical (unpaired) electrons. The average molecular weight is 666 g/mol. The van der Waals surface area contributed by atoms with Crippen LogP contribution in [0.15, 0.2) is 47.2 Å². The van der Waals surface area contributed by atoms with E-state index >= 15 is 0 Å². The second-order valence-electron chi connectivity index (χ2n) is 9.74. The highest BCUT2D eigenvalue weighted by molar-refractivity contribution is 7.80. The van der Waals surface area contributed by atoms with Crippen molar-refractivity contribution in [3.63, 3.8) is 0 Å². The number of benzene rings is 1. The van der Waals surface area contributed by atoms with Crippen LogP contribution in [0.5, 0.6) is 5.75 Å². The second-order valence-corrected chi connectivity index (χ2v) is 11.6. The minimum Gasteiger partial charge on any atom is -0.489 e. The number of rotatable bonds is 14. The third-order valence-electron chi connectivity index (χ3n) is 6.18. The van der Waals surface area contributed by atoms with E-state index in [2.05, 4.69) is 35.0 Å². The molecule has 19 nitrogen and oxygen atoms in total. The molecule has 1 aromatic carbocycles. The zero-order valence-corrected chi connectivity index (χ0v) is 25.1. The van der Waals surface area contributed by atoms with Gasteiger partial charge < -0.3 is 36.0 Å². The van der Waals surface area contributed by atoms with Gasteiger partial charge in [0.25, 0.3) is 17.9 Å². The van der Waals surface area contributed by atoms with Gasteiger partial charge in [0, 0.05) is 23.3 Å². The number of nitrogens with two attached hydrogens (primary N) is 1. The molecule has 0 unspecified atom stereocenters. The van der Waals surface area contributed by atoms with Gasteiger partial charge in [-0.15, -0.1) is 15.6 Å². The summed E-state index contributed by atoms with van der Waals surface area (Å²) in [4.78, 5) is 53.6. The number of thiazole rings is 1. The molecule has 0 aliphatic carbocycles. The predicted molar refractivity (Wildman–Crippen MR) is 155 cm³/mol. The molecular formula is C24H27N9O10S2. The molecule has 4 rings (SSSR count). The van der Waals surface area contributed by atoms with Crippen LogP contribution in [0, 0.1) is 5.41 Å². The number of nitrogen functional groups attached to an aromatic ring is 1. The number of H-pyrrole nitrogens is 1. The van der Waals surface area contributed by atoms with Crippen LogP contribution < -0.4 is 21.1 Å². The van der Waals surface area contributed by atoms with E-state index in [1.54, 1.807) is 24.5 Å². The summed E-state index contributed by atoms with van der Waals surface area (Å²) in [5.41, 5.74) is 4.12. The molecule has 1 fully saturated rings. The highest BCUT2D eigenvalue weighted by atomic mass is 32.3. The summed E-state index contributed by atoms with van der Waals surface area (Å²) in [5, 5.41) is 28.5. The molecule has 0 saturated carbocycles. The lowest BCUT2D eigenvalue weighted by atomic mass is 9.84. The number of amidine groups is 1. The number of carboxylic acids is 1. The number of aromatic nitrogens is 3. The number of carboxylic acid groups (broad SMARTS) is 1. The van der Waals surface area contributed by atoms with Gasteiger partial charge >= 0.3 is 16.4 Å². The van der Waals surface area contributed by atoms with E-state index in [4.69, 9.17) is 25.3 Å². The summed E-state index contributed by atoms with van der Waals surface area (Å²) in [6.07, 6.45) is 1.55. The van der Waals surface area contributed by atoms with Gasteiger partial charge in [-0.2, -0.15) is 13.5 Å². The van der Waals surface area contributed by atoms with E-state index in [-0.39, 0.29) is 22.4 Å². The molecule has 21 heteroatoms. The number of oxime groups is 1. The lowest BCUT2D eigenvalue weighted by Gasteiger charge is -2.50. The Morgan fingerprint density at radius 2 is 2.02 bits per heavy atom.